The highest BCUT2D eigenvalue weighted by Crippen LogP contribution is 2.38. The van der Waals surface area contributed by atoms with Crippen LogP contribution in [0.15, 0.2) is 48.8 Å². The van der Waals surface area contributed by atoms with E-state index < -0.39 is 11.9 Å². The molecule has 0 spiro atoms. The predicted molar refractivity (Wildman–Crippen MR) is 144 cm³/mol. The van der Waals surface area contributed by atoms with Crippen LogP contribution in [0, 0.1) is 11.2 Å². The summed E-state index contributed by atoms with van der Waals surface area (Å²) in [6.07, 6.45) is 2.96. The first-order chi connectivity index (χ1) is 18.8. The Balaban J connectivity index is 1.24. The van der Waals surface area contributed by atoms with E-state index in [4.69, 9.17) is 16.3 Å². The zero-order valence-corrected chi connectivity index (χ0v) is 22.3. The molecule has 1 atom stereocenters. The summed E-state index contributed by atoms with van der Waals surface area (Å²) >= 11 is 6.12. The molecule has 2 aliphatic heterocycles. The Morgan fingerprint density at radius 1 is 1.23 bits per heavy atom. The molecule has 1 saturated heterocycles. The number of amides is 2. The van der Waals surface area contributed by atoms with Gasteiger partial charge in [-0.1, -0.05) is 12.1 Å². The number of likely N-dealkylation sites (N-methyl/N-ethyl adjacent to an activating group) is 1. The van der Waals surface area contributed by atoms with E-state index in [0.29, 0.717) is 23.9 Å². The van der Waals surface area contributed by atoms with E-state index >= 15 is 0 Å². The van der Waals surface area contributed by atoms with Crippen molar-refractivity contribution in [3.05, 3.63) is 66.0 Å². The number of rotatable bonds is 7. The SMILES string of the molecule is CN1C(=O)[C@@H](NC(=O)c2ncn(Cc3ccc(F)cc3)n2)COc2ccc(N3CCC(CO)(CCl)CC3)cc21. The van der Waals surface area contributed by atoms with Crippen molar-refractivity contribution >= 4 is 34.8 Å². The second kappa shape index (κ2) is 11.2. The van der Waals surface area contributed by atoms with Crippen LogP contribution in [0.2, 0.25) is 0 Å². The van der Waals surface area contributed by atoms with E-state index in [1.165, 1.54) is 28.0 Å². The average Bonchev–Trinajstić information content (AvgIpc) is 3.40. The summed E-state index contributed by atoms with van der Waals surface area (Å²) in [4.78, 5) is 33.9. The molecule has 0 unspecified atom stereocenters. The third-order valence-corrected chi connectivity index (χ3v) is 8.02. The lowest BCUT2D eigenvalue weighted by Gasteiger charge is -2.40. The Bertz CT molecular complexity index is 1340. The highest BCUT2D eigenvalue weighted by Gasteiger charge is 2.35. The van der Waals surface area contributed by atoms with Gasteiger partial charge in [0.05, 0.1) is 12.2 Å². The molecule has 12 heteroatoms. The number of halogens is 2. The second-order valence-electron chi connectivity index (χ2n) is 10.1. The summed E-state index contributed by atoms with van der Waals surface area (Å²) in [7, 11) is 1.65. The molecule has 206 valence electrons. The fraction of sp³-hybridized carbons (Fsp3) is 0.407. The third kappa shape index (κ3) is 5.69. The topological polar surface area (TPSA) is 113 Å². The maximum atomic E-state index is 13.3. The Labute approximate surface area is 230 Å². The highest BCUT2D eigenvalue weighted by molar-refractivity contribution is 6.18. The monoisotopic (exact) mass is 556 g/mol. The van der Waals surface area contributed by atoms with Crippen molar-refractivity contribution in [1.82, 2.24) is 20.1 Å². The summed E-state index contributed by atoms with van der Waals surface area (Å²) in [5.41, 5.74) is 2.09. The number of carbonyl (C=O) groups excluding carboxylic acids is 2. The van der Waals surface area contributed by atoms with Gasteiger partial charge < -0.3 is 25.0 Å². The van der Waals surface area contributed by atoms with E-state index in [0.717, 1.165) is 37.2 Å². The second-order valence-corrected chi connectivity index (χ2v) is 10.3. The van der Waals surface area contributed by atoms with E-state index in [1.54, 1.807) is 19.2 Å². The maximum absolute atomic E-state index is 13.3. The van der Waals surface area contributed by atoms with Crippen molar-refractivity contribution in [2.75, 3.05) is 49.0 Å². The predicted octanol–water partition coefficient (Wildman–Crippen LogP) is 2.44. The molecule has 2 aromatic carbocycles. The summed E-state index contributed by atoms with van der Waals surface area (Å²) in [6, 6.07) is 10.7. The normalized spacial score (nSPS) is 18.8. The molecular weight excluding hydrogens is 527 g/mol. The molecular formula is C27H30ClFN6O4. The third-order valence-electron chi connectivity index (χ3n) is 7.45. The molecule has 5 rings (SSSR count). The van der Waals surface area contributed by atoms with Crippen LogP contribution in [-0.2, 0) is 11.3 Å². The van der Waals surface area contributed by atoms with Crippen LogP contribution >= 0.6 is 11.6 Å². The van der Waals surface area contributed by atoms with Crippen molar-refractivity contribution in [3.8, 4) is 5.75 Å². The number of fused-ring (bicyclic) bond motifs is 1. The van der Waals surface area contributed by atoms with Gasteiger partial charge in [-0.05, 0) is 48.7 Å². The number of hydrogen-bond donors (Lipinski definition) is 2. The van der Waals surface area contributed by atoms with Crippen molar-refractivity contribution in [2.45, 2.75) is 25.4 Å². The highest BCUT2D eigenvalue weighted by atomic mass is 35.5. The molecule has 39 heavy (non-hydrogen) atoms. The lowest BCUT2D eigenvalue weighted by molar-refractivity contribution is -0.120. The molecule has 0 saturated carbocycles. The lowest BCUT2D eigenvalue weighted by atomic mass is 9.81. The molecule has 2 amide bonds. The number of nitrogens with zero attached hydrogens (tertiary/aromatic N) is 5. The van der Waals surface area contributed by atoms with Gasteiger partial charge in [-0.2, -0.15) is 0 Å². The number of aromatic nitrogens is 3. The molecule has 0 radical (unpaired) electrons. The molecule has 10 nitrogen and oxygen atoms in total. The minimum Gasteiger partial charge on any atom is -0.489 e. The van der Waals surface area contributed by atoms with E-state index in [-0.39, 0.29) is 36.2 Å². The lowest BCUT2D eigenvalue weighted by Crippen LogP contribution is -2.49. The standard InChI is InChI=1S/C27H30ClFN6O4/c1-33-22-12-20(34-10-8-27(15-28,16-36)9-11-34)6-7-23(22)39-14-21(26(33)38)31-25(37)24-30-17-35(32-24)13-18-2-4-19(29)5-3-18/h2-7,12,17,21,36H,8-11,13-16H2,1H3,(H,31,37)/t21-/m0/s1. The van der Waals surface area contributed by atoms with Gasteiger partial charge in [-0.15, -0.1) is 16.7 Å². The summed E-state index contributed by atoms with van der Waals surface area (Å²) in [5.74, 6) is -0.393. The van der Waals surface area contributed by atoms with Crippen LogP contribution in [0.3, 0.4) is 0 Å². The van der Waals surface area contributed by atoms with Crippen LogP contribution in [0.4, 0.5) is 15.8 Å². The number of carbonyl (C=O) groups is 2. The van der Waals surface area contributed by atoms with Gasteiger partial charge in [-0.3, -0.25) is 9.59 Å². The zero-order chi connectivity index (χ0) is 27.6. The number of anilines is 2. The fourth-order valence-electron chi connectivity index (χ4n) is 4.83. The van der Waals surface area contributed by atoms with Crippen molar-refractivity contribution in [2.24, 2.45) is 5.41 Å². The molecule has 1 fully saturated rings. The molecule has 1 aromatic heterocycles. The van der Waals surface area contributed by atoms with Crippen molar-refractivity contribution in [1.29, 1.82) is 0 Å². The number of hydrogen-bond acceptors (Lipinski definition) is 7. The average molecular weight is 557 g/mol. The van der Waals surface area contributed by atoms with Gasteiger partial charge in [0, 0.05) is 43.7 Å². The van der Waals surface area contributed by atoms with Crippen molar-refractivity contribution < 1.29 is 23.8 Å². The molecule has 2 aliphatic rings. The quantitative estimate of drug-likeness (QED) is 0.430. The van der Waals surface area contributed by atoms with Crippen LogP contribution in [0.25, 0.3) is 0 Å². The van der Waals surface area contributed by atoms with Crippen molar-refractivity contribution in [3.63, 3.8) is 0 Å². The van der Waals surface area contributed by atoms with Gasteiger partial charge >= 0.3 is 0 Å². The number of alkyl halides is 1. The van der Waals surface area contributed by atoms with Gasteiger partial charge in [0.15, 0.2) is 0 Å². The number of nitrogens with one attached hydrogen (secondary N) is 1. The molecule has 3 heterocycles. The van der Waals surface area contributed by atoms with Crippen LogP contribution in [-0.4, -0.2) is 77.0 Å². The van der Waals surface area contributed by atoms with E-state index in [2.05, 4.69) is 20.3 Å². The minimum atomic E-state index is -0.939. The fourth-order valence-corrected chi connectivity index (χ4v) is 5.19. The van der Waals surface area contributed by atoms with Gasteiger partial charge in [0.2, 0.25) is 5.82 Å². The first-order valence-corrected chi connectivity index (χ1v) is 13.3. The summed E-state index contributed by atoms with van der Waals surface area (Å²) < 4.78 is 20.5. The number of aliphatic hydroxyl groups excluding tert-OH is 1. The Morgan fingerprint density at radius 2 is 1.97 bits per heavy atom. The molecule has 0 bridgehead atoms. The number of ether oxygens (including phenoxy) is 1. The van der Waals surface area contributed by atoms with Crippen LogP contribution in [0.5, 0.6) is 5.75 Å². The zero-order valence-electron chi connectivity index (χ0n) is 21.5. The first kappa shape index (κ1) is 26.9. The number of piperidine rings is 1. The molecule has 2 N–H and O–H groups in total. The summed E-state index contributed by atoms with van der Waals surface area (Å²) in [5, 5.41) is 16.6. The summed E-state index contributed by atoms with van der Waals surface area (Å²) in [6.45, 7) is 1.82. The largest absolute Gasteiger partial charge is 0.489 e. The first-order valence-electron chi connectivity index (χ1n) is 12.7. The smallest absolute Gasteiger partial charge is 0.291 e. The van der Waals surface area contributed by atoms with E-state index in [1.807, 2.05) is 18.2 Å². The van der Waals surface area contributed by atoms with E-state index in [9.17, 15) is 19.1 Å². The number of benzene rings is 2. The molecule has 3 aromatic rings. The maximum Gasteiger partial charge on any atom is 0.291 e. The minimum absolute atomic E-state index is 0.0456. The Morgan fingerprint density at radius 3 is 2.67 bits per heavy atom. The number of aliphatic hydroxyl groups is 1. The van der Waals surface area contributed by atoms with Crippen LogP contribution < -0.4 is 19.9 Å². The Hall–Kier alpha value is -3.70. The molecule has 0 aliphatic carbocycles. The van der Waals surface area contributed by atoms with Gasteiger partial charge in [0.1, 0.15) is 30.5 Å². The van der Waals surface area contributed by atoms with Gasteiger partial charge in [0.25, 0.3) is 11.8 Å². The van der Waals surface area contributed by atoms with Gasteiger partial charge in [-0.25, -0.2) is 14.1 Å². The van der Waals surface area contributed by atoms with Crippen LogP contribution in [0.1, 0.15) is 29.0 Å². The Kier molecular flexibility index (Phi) is 7.72.